The minimum atomic E-state index is -0.429. The summed E-state index contributed by atoms with van der Waals surface area (Å²) in [6, 6.07) is 18.5. The molecule has 8 heteroatoms. The Hall–Kier alpha value is -3.89. The Morgan fingerprint density at radius 1 is 1.23 bits per heavy atom. The Kier molecular flexibility index (Phi) is 5.33. The zero-order valence-corrected chi connectivity index (χ0v) is 16.7. The number of hydrogen-bond acceptors (Lipinski definition) is 5. The average molecular weight is 418 g/mol. The topological polar surface area (TPSA) is 92.8 Å². The average Bonchev–Trinajstić information content (AvgIpc) is 3.16. The van der Waals surface area contributed by atoms with Crippen molar-refractivity contribution in [3.05, 3.63) is 76.9 Å². The summed E-state index contributed by atoms with van der Waals surface area (Å²) in [5.41, 5.74) is 1.85. The van der Waals surface area contributed by atoms with Gasteiger partial charge in [-0.1, -0.05) is 29.8 Å². The first-order chi connectivity index (χ1) is 14.5. The highest BCUT2D eigenvalue weighted by molar-refractivity contribution is 6.31. The molecule has 0 saturated carbocycles. The molecule has 0 spiro atoms. The lowest BCUT2D eigenvalue weighted by Gasteiger charge is -2.11. The SMILES string of the molecule is Cc1cc(OCC(=O)Nc2c(C#N)cnn2-c2ccc3ccccc3n2)ccc1Cl. The highest BCUT2D eigenvalue weighted by Crippen LogP contribution is 2.22. The molecule has 0 aliphatic rings. The van der Waals surface area contributed by atoms with E-state index >= 15 is 0 Å². The molecule has 0 fully saturated rings. The fraction of sp³-hybridized carbons (Fsp3) is 0.0909. The molecular weight excluding hydrogens is 402 g/mol. The van der Waals surface area contributed by atoms with Gasteiger partial charge in [-0.25, -0.2) is 4.98 Å². The summed E-state index contributed by atoms with van der Waals surface area (Å²) in [6.07, 6.45) is 1.38. The quantitative estimate of drug-likeness (QED) is 0.523. The smallest absolute Gasteiger partial charge is 0.263 e. The summed E-state index contributed by atoms with van der Waals surface area (Å²) in [4.78, 5) is 17.0. The van der Waals surface area contributed by atoms with E-state index in [1.165, 1.54) is 10.9 Å². The maximum absolute atomic E-state index is 12.5. The summed E-state index contributed by atoms with van der Waals surface area (Å²) >= 11 is 6.00. The second-order valence-electron chi connectivity index (χ2n) is 6.54. The van der Waals surface area contributed by atoms with Crippen LogP contribution in [0.3, 0.4) is 0 Å². The number of nitrogens with zero attached hydrogens (tertiary/aromatic N) is 4. The number of carbonyl (C=O) groups excluding carboxylic acids is 1. The van der Waals surface area contributed by atoms with Gasteiger partial charge < -0.3 is 10.1 Å². The van der Waals surface area contributed by atoms with E-state index in [1.54, 1.807) is 24.3 Å². The third kappa shape index (κ3) is 3.95. The van der Waals surface area contributed by atoms with Gasteiger partial charge in [0.05, 0.1) is 11.7 Å². The van der Waals surface area contributed by atoms with E-state index < -0.39 is 5.91 Å². The number of aryl methyl sites for hydroxylation is 1. The lowest BCUT2D eigenvalue weighted by Crippen LogP contribution is -2.22. The van der Waals surface area contributed by atoms with Gasteiger partial charge in [0.25, 0.3) is 5.91 Å². The van der Waals surface area contributed by atoms with Gasteiger partial charge >= 0.3 is 0 Å². The number of halogens is 1. The first-order valence-electron chi connectivity index (χ1n) is 9.08. The van der Waals surface area contributed by atoms with E-state index in [2.05, 4.69) is 15.4 Å². The predicted molar refractivity (Wildman–Crippen MR) is 114 cm³/mol. The molecular formula is C22H16ClN5O2. The fourth-order valence-corrected chi connectivity index (χ4v) is 3.04. The van der Waals surface area contributed by atoms with Crippen LogP contribution in [0, 0.1) is 18.3 Å². The van der Waals surface area contributed by atoms with Crippen LogP contribution < -0.4 is 10.1 Å². The largest absolute Gasteiger partial charge is 0.484 e. The molecule has 0 bridgehead atoms. The van der Waals surface area contributed by atoms with E-state index in [1.807, 2.05) is 43.3 Å². The highest BCUT2D eigenvalue weighted by Gasteiger charge is 2.16. The number of nitrogens with one attached hydrogen (secondary N) is 1. The van der Waals surface area contributed by atoms with Gasteiger partial charge in [0.2, 0.25) is 0 Å². The van der Waals surface area contributed by atoms with Crippen LogP contribution in [0.25, 0.3) is 16.7 Å². The van der Waals surface area contributed by atoms with Gasteiger partial charge in [0, 0.05) is 10.4 Å². The molecule has 0 saturated heterocycles. The lowest BCUT2D eigenvalue weighted by atomic mass is 10.2. The van der Waals surface area contributed by atoms with Crippen LogP contribution >= 0.6 is 11.6 Å². The number of fused-ring (bicyclic) bond motifs is 1. The number of benzene rings is 2. The van der Waals surface area contributed by atoms with Gasteiger partial charge in [0.15, 0.2) is 18.2 Å². The normalized spacial score (nSPS) is 10.6. The number of aromatic nitrogens is 3. The fourth-order valence-electron chi connectivity index (χ4n) is 2.92. The van der Waals surface area contributed by atoms with Crippen molar-refractivity contribution >= 4 is 34.2 Å². The van der Waals surface area contributed by atoms with Crippen LogP contribution in [0.1, 0.15) is 11.1 Å². The maximum Gasteiger partial charge on any atom is 0.263 e. The van der Waals surface area contributed by atoms with Crippen molar-refractivity contribution in [2.24, 2.45) is 0 Å². The third-order valence-electron chi connectivity index (χ3n) is 4.45. The summed E-state index contributed by atoms with van der Waals surface area (Å²) in [5.74, 6) is 0.819. The van der Waals surface area contributed by atoms with Crippen molar-refractivity contribution in [2.75, 3.05) is 11.9 Å². The van der Waals surface area contributed by atoms with Crippen molar-refractivity contribution in [3.8, 4) is 17.6 Å². The van der Waals surface area contributed by atoms with Crippen molar-refractivity contribution in [1.29, 1.82) is 5.26 Å². The van der Waals surface area contributed by atoms with Gasteiger partial charge in [-0.2, -0.15) is 15.0 Å². The minimum Gasteiger partial charge on any atom is -0.484 e. The molecule has 2 aromatic carbocycles. The number of rotatable bonds is 5. The van der Waals surface area contributed by atoms with Crippen LogP contribution in [0.15, 0.2) is 60.8 Å². The predicted octanol–water partition coefficient (Wildman–Crippen LogP) is 4.27. The summed E-state index contributed by atoms with van der Waals surface area (Å²) < 4.78 is 6.96. The molecule has 0 atom stereocenters. The molecule has 1 amide bonds. The number of ether oxygens (including phenoxy) is 1. The number of para-hydroxylation sites is 1. The highest BCUT2D eigenvalue weighted by atomic mass is 35.5. The molecule has 148 valence electrons. The Bertz CT molecular complexity index is 1290. The zero-order chi connectivity index (χ0) is 21.1. The summed E-state index contributed by atoms with van der Waals surface area (Å²) in [7, 11) is 0. The molecule has 30 heavy (non-hydrogen) atoms. The number of pyridine rings is 1. The molecule has 2 aromatic heterocycles. The Morgan fingerprint density at radius 2 is 2.07 bits per heavy atom. The Labute approximate surface area is 177 Å². The van der Waals surface area contributed by atoms with E-state index in [0.717, 1.165) is 16.5 Å². The lowest BCUT2D eigenvalue weighted by molar-refractivity contribution is -0.118. The third-order valence-corrected chi connectivity index (χ3v) is 4.87. The summed E-state index contributed by atoms with van der Waals surface area (Å²) in [6.45, 7) is 1.62. The van der Waals surface area contributed by atoms with Crippen LogP contribution in [-0.2, 0) is 4.79 Å². The molecule has 2 heterocycles. The molecule has 0 unspecified atom stereocenters. The number of amides is 1. The van der Waals surface area contributed by atoms with E-state index in [-0.39, 0.29) is 18.0 Å². The monoisotopic (exact) mass is 417 g/mol. The zero-order valence-electron chi connectivity index (χ0n) is 16.0. The molecule has 4 aromatic rings. The van der Waals surface area contributed by atoms with Gasteiger partial charge in [-0.15, -0.1) is 0 Å². The van der Waals surface area contributed by atoms with Gasteiger partial charge in [-0.3, -0.25) is 4.79 Å². The second-order valence-corrected chi connectivity index (χ2v) is 6.95. The maximum atomic E-state index is 12.5. The number of carbonyl (C=O) groups is 1. The van der Waals surface area contributed by atoms with Gasteiger partial charge in [-0.05, 0) is 48.9 Å². The molecule has 7 nitrogen and oxygen atoms in total. The van der Waals surface area contributed by atoms with E-state index in [0.29, 0.717) is 16.6 Å². The van der Waals surface area contributed by atoms with Crippen molar-refractivity contribution < 1.29 is 9.53 Å². The van der Waals surface area contributed by atoms with Crippen molar-refractivity contribution in [3.63, 3.8) is 0 Å². The van der Waals surface area contributed by atoms with Crippen LogP contribution in [0.5, 0.6) is 5.75 Å². The molecule has 4 rings (SSSR count). The second kappa shape index (κ2) is 8.23. The van der Waals surface area contributed by atoms with Crippen LogP contribution in [0.4, 0.5) is 5.82 Å². The van der Waals surface area contributed by atoms with Crippen molar-refractivity contribution in [1.82, 2.24) is 14.8 Å². The van der Waals surface area contributed by atoms with E-state index in [4.69, 9.17) is 16.3 Å². The van der Waals surface area contributed by atoms with E-state index in [9.17, 15) is 10.1 Å². The van der Waals surface area contributed by atoms with Gasteiger partial charge in [0.1, 0.15) is 17.4 Å². The number of hydrogen-bond donors (Lipinski definition) is 1. The Morgan fingerprint density at radius 3 is 2.87 bits per heavy atom. The number of nitriles is 1. The number of anilines is 1. The standard InChI is InChI=1S/C22H16ClN5O2/c1-14-10-17(7-8-18(14)23)30-13-21(29)27-22-16(11-24)12-25-28(22)20-9-6-15-4-2-3-5-19(15)26-20/h2-10,12H,13H2,1H3,(H,27,29). The molecule has 0 aliphatic carbocycles. The van der Waals surface area contributed by atoms with Crippen LogP contribution in [0.2, 0.25) is 5.02 Å². The summed E-state index contributed by atoms with van der Waals surface area (Å²) in [5, 5.41) is 17.9. The first-order valence-corrected chi connectivity index (χ1v) is 9.46. The molecule has 1 N–H and O–H groups in total. The minimum absolute atomic E-state index is 0.223. The molecule has 0 aliphatic heterocycles. The molecule has 0 radical (unpaired) electrons. The Balaban J connectivity index is 1.56. The van der Waals surface area contributed by atoms with Crippen molar-refractivity contribution in [2.45, 2.75) is 6.92 Å². The van der Waals surface area contributed by atoms with Crippen LogP contribution in [-0.4, -0.2) is 27.3 Å². The first kappa shape index (κ1) is 19.4.